The van der Waals surface area contributed by atoms with Crippen LogP contribution >= 0.6 is 0 Å². The van der Waals surface area contributed by atoms with E-state index in [-0.39, 0.29) is 4.90 Å². The molecular formula is C26H31N3O4S. The summed E-state index contributed by atoms with van der Waals surface area (Å²) in [6.07, 6.45) is 0. The van der Waals surface area contributed by atoms with Gasteiger partial charge in [-0.3, -0.25) is 4.72 Å². The highest BCUT2D eigenvalue weighted by atomic mass is 32.2. The van der Waals surface area contributed by atoms with Crippen LogP contribution in [0.5, 0.6) is 11.5 Å². The summed E-state index contributed by atoms with van der Waals surface area (Å²) in [5.74, 6) is 1.07. The highest BCUT2D eigenvalue weighted by Gasteiger charge is 2.23. The van der Waals surface area contributed by atoms with Crippen LogP contribution in [0.2, 0.25) is 0 Å². The van der Waals surface area contributed by atoms with Crippen molar-refractivity contribution in [3.63, 3.8) is 0 Å². The van der Waals surface area contributed by atoms with Gasteiger partial charge in [-0.25, -0.2) is 8.42 Å². The Bertz CT molecular complexity index is 1190. The van der Waals surface area contributed by atoms with Gasteiger partial charge in [0.05, 0.1) is 17.7 Å². The molecule has 1 saturated heterocycles. The fraction of sp³-hybridized carbons (Fsp3) is 0.308. The van der Waals surface area contributed by atoms with Gasteiger partial charge in [0.2, 0.25) is 0 Å². The van der Waals surface area contributed by atoms with E-state index in [0.29, 0.717) is 35.9 Å². The lowest BCUT2D eigenvalue weighted by Gasteiger charge is -2.38. The standard InChI is InChI=1S/C26H31N3O4S/c1-19-16-29(17-20(2)27-19)22-9-14-26(32-3)25(15-22)28-34(30,31)24-12-10-23(11-13-24)33-18-21-7-5-4-6-8-21/h4-15,19-20,27-28H,16-18H2,1-3H3. The molecule has 2 unspecified atom stereocenters. The molecule has 1 aliphatic rings. The maximum absolute atomic E-state index is 13.1. The number of nitrogens with zero attached hydrogens (tertiary/aromatic N) is 1. The highest BCUT2D eigenvalue weighted by Crippen LogP contribution is 2.32. The van der Waals surface area contributed by atoms with Gasteiger partial charge in [0, 0.05) is 30.9 Å². The van der Waals surface area contributed by atoms with Crippen molar-refractivity contribution in [2.45, 2.75) is 37.4 Å². The molecule has 0 bridgehead atoms. The molecular weight excluding hydrogens is 450 g/mol. The molecule has 34 heavy (non-hydrogen) atoms. The Hall–Kier alpha value is -3.23. The van der Waals surface area contributed by atoms with E-state index in [1.165, 1.54) is 7.11 Å². The molecule has 1 aliphatic heterocycles. The fourth-order valence-corrected chi connectivity index (χ4v) is 5.23. The number of piperazine rings is 1. The third-order valence-electron chi connectivity index (χ3n) is 5.73. The zero-order valence-corrected chi connectivity index (χ0v) is 20.5. The number of methoxy groups -OCH3 is 1. The van der Waals surface area contributed by atoms with Crippen LogP contribution in [0.3, 0.4) is 0 Å². The monoisotopic (exact) mass is 481 g/mol. The molecule has 180 valence electrons. The number of anilines is 2. The number of nitrogens with one attached hydrogen (secondary N) is 2. The van der Waals surface area contributed by atoms with Crippen molar-refractivity contribution in [2.24, 2.45) is 0 Å². The molecule has 0 radical (unpaired) electrons. The van der Waals surface area contributed by atoms with E-state index in [9.17, 15) is 8.42 Å². The van der Waals surface area contributed by atoms with Crippen LogP contribution in [-0.4, -0.2) is 40.7 Å². The van der Waals surface area contributed by atoms with Crippen molar-refractivity contribution >= 4 is 21.4 Å². The molecule has 8 heteroatoms. The van der Waals surface area contributed by atoms with Crippen molar-refractivity contribution in [1.82, 2.24) is 5.32 Å². The number of sulfonamides is 1. The smallest absolute Gasteiger partial charge is 0.262 e. The van der Waals surface area contributed by atoms with Gasteiger partial charge in [0.1, 0.15) is 18.1 Å². The molecule has 2 atom stereocenters. The van der Waals surface area contributed by atoms with Gasteiger partial charge < -0.3 is 19.7 Å². The van der Waals surface area contributed by atoms with Crippen molar-refractivity contribution in [2.75, 3.05) is 29.8 Å². The second kappa shape index (κ2) is 10.4. The Morgan fingerprint density at radius 3 is 2.29 bits per heavy atom. The van der Waals surface area contributed by atoms with Crippen LogP contribution in [0.25, 0.3) is 0 Å². The lowest BCUT2D eigenvalue weighted by atomic mass is 10.1. The minimum absolute atomic E-state index is 0.149. The van der Waals surface area contributed by atoms with Gasteiger partial charge in [-0.05, 0) is 61.9 Å². The highest BCUT2D eigenvalue weighted by molar-refractivity contribution is 7.92. The minimum Gasteiger partial charge on any atom is -0.495 e. The van der Waals surface area contributed by atoms with Crippen molar-refractivity contribution in [3.8, 4) is 11.5 Å². The lowest BCUT2D eigenvalue weighted by molar-refractivity contribution is 0.306. The summed E-state index contributed by atoms with van der Waals surface area (Å²) in [5, 5.41) is 3.51. The molecule has 1 heterocycles. The third kappa shape index (κ3) is 5.81. The largest absolute Gasteiger partial charge is 0.495 e. The van der Waals surface area contributed by atoms with Crippen LogP contribution in [0.1, 0.15) is 19.4 Å². The number of rotatable bonds is 8. The van der Waals surface area contributed by atoms with Crippen LogP contribution in [0.15, 0.2) is 77.7 Å². The average Bonchev–Trinajstić information content (AvgIpc) is 2.83. The molecule has 3 aromatic carbocycles. The van der Waals surface area contributed by atoms with Crippen molar-refractivity contribution < 1.29 is 17.9 Å². The van der Waals surface area contributed by atoms with Crippen LogP contribution in [0, 0.1) is 0 Å². The lowest BCUT2D eigenvalue weighted by Crippen LogP contribution is -2.54. The molecule has 7 nitrogen and oxygen atoms in total. The summed E-state index contributed by atoms with van der Waals surface area (Å²) < 4.78 is 40.1. The Morgan fingerprint density at radius 2 is 1.65 bits per heavy atom. The topological polar surface area (TPSA) is 79.9 Å². The third-order valence-corrected chi connectivity index (χ3v) is 7.11. The van der Waals surface area contributed by atoms with E-state index in [2.05, 4.69) is 28.8 Å². The van der Waals surface area contributed by atoms with Gasteiger partial charge in [0.25, 0.3) is 10.0 Å². The average molecular weight is 482 g/mol. The zero-order valence-electron chi connectivity index (χ0n) is 19.7. The second-order valence-electron chi connectivity index (χ2n) is 8.61. The minimum atomic E-state index is -3.82. The van der Waals surface area contributed by atoms with E-state index < -0.39 is 10.0 Å². The quantitative estimate of drug-likeness (QED) is 0.501. The molecule has 0 spiro atoms. The molecule has 0 aliphatic carbocycles. The molecule has 4 rings (SSSR count). The summed E-state index contributed by atoms with van der Waals surface area (Å²) in [5.41, 5.74) is 2.40. The first kappa shape index (κ1) is 23.9. The molecule has 2 N–H and O–H groups in total. The first-order valence-corrected chi connectivity index (χ1v) is 12.8. The van der Waals surface area contributed by atoms with Crippen molar-refractivity contribution in [1.29, 1.82) is 0 Å². The predicted molar refractivity (Wildman–Crippen MR) is 135 cm³/mol. The molecule has 0 aromatic heterocycles. The van der Waals surface area contributed by atoms with Crippen LogP contribution < -0.4 is 24.4 Å². The summed E-state index contributed by atoms with van der Waals surface area (Å²) in [6.45, 7) is 6.38. The number of ether oxygens (including phenoxy) is 2. The van der Waals surface area contributed by atoms with E-state index in [0.717, 1.165) is 24.3 Å². The van der Waals surface area contributed by atoms with Gasteiger partial charge in [-0.15, -0.1) is 0 Å². The van der Waals surface area contributed by atoms with Gasteiger partial charge in [0.15, 0.2) is 0 Å². The Labute approximate surface area is 201 Å². The van der Waals surface area contributed by atoms with Crippen molar-refractivity contribution in [3.05, 3.63) is 78.4 Å². The number of benzene rings is 3. The SMILES string of the molecule is COc1ccc(N2CC(C)NC(C)C2)cc1NS(=O)(=O)c1ccc(OCc2ccccc2)cc1. The fourth-order valence-electron chi connectivity index (χ4n) is 4.17. The number of hydrogen-bond donors (Lipinski definition) is 2. The number of hydrogen-bond acceptors (Lipinski definition) is 6. The van der Waals surface area contributed by atoms with E-state index in [1.54, 1.807) is 30.3 Å². The molecule has 1 fully saturated rings. The van der Waals surface area contributed by atoms with E-state index in [4.69, 9.17) is 9.47 Å². The van der Waals surface area contributed by atoms with E-state index in [1.807, 2.05) is 42.5 Å². The molecule has 0 amide bonds. The maximum Gasteiger partial charge on any atom is 0.262 e. The first-order chi connectivity index (χ1) is 16.3. The first-order valence-electron chi connectivity index (χ1n) is 11.3. The maximum atomic E-state index is 13.1. The Balaban J connectivity index is 1.49. The summed E-state index contributed by atoms with van der Waals surface area (Å²) in [6, 6.07) is 22.5. The summed E-state index contributed by atoms with van der Waals surface area (Å²) >= 11 is 0. The predicted octanol–water partition coefficient (Wildman–Crippen LogP) is 4.26. The van der Waals surface area contributed by atoms with Crippen LogP contribution in [0.4, 0.5) is 11.4 Å². The van der Waals surface area contributed by atoms with E-state index >= 15 is 0 Å². The molecule has 0 saturated carbocycles. The summed E-state index contributed by atoms with van der Waals surface area (Å²) in [4.78, 5) is 2.40. The van der Waals surface area contributed by atoms with Crippen LogP contribution in [-0.2, 0) is 16.6 Å². The Kier molecular flexibility index (Phi) is 7.29. The van der Waals surface area contributed by atoms with Gasteiger partial charge in [-0.1, -0.05) is 30.3 Å². The normalized spacial score (nSPS) is 18.4. The molecule has 3 aromatic rings. The zero-order chi connectivity index (χ0) is 24.1. The Morgan fingerprint density at radius 1 is 0.971 bits per heavy atom. The second-order valence-corrected chi connectivity index (χ2v) is 10.3. The van der Waals surface area contributed by atoms with Gasteiger partial charge >= 0.3 is 0 Å². The van der Waals surface area contributed by atoms with Gasteiger partial charge in [-0.2, -0.15) is 0 Å². The summed E-state index contributed by atoms with van der Waals surface area (Å²) in [7, 11) is -2.29.